The summed E-state index contributed by atoms with van der Waals surface area (Å²) in [6, 6.07) is 5.15. The van der Waals surface area contributed by atoms with E-state index in [1.54, 1.807) is 19.9 Å². The fourth-order valence-corrected chi connectivity index (χ4v) is 4.02. The largest absolute Gasteiger partial charge is 0.416 e. The van der Waals surface area contributed by atoms with Crippen LogP contribution in [-0.4, -0.2) is 37.0 Å². The lowest BCUT2D eigenvalue weighted by Crippen LogP contribution is -2.44. The molecule has 146 valence electrons. The van der Waals surface area contributed by atoms with Crippen LogP contribution in [0.15, 0.2) is 24.3 Å². The number of amides is 1. The van der Waals surface area contributed by atoms with Gasteiger partial charge in [0.05, 0.1) is 11.0 Å². The third-order valence-electron chi connectivity index (χ3n) is 5.75. The molecule has 0 bridgehead atoms. The Hall–Kier alpha value is -1.27. The highest BCUT2D eigenvalue weighted by Gasteiger charge is 2.39. The molecule has 3 nitrogen and oxygen atoms in total. The summed E-state index contributed by atoms with van der Waals surface area (Å²) < 4.78 is 39.0. The topological polar surface area (TPSA) is 32.3 Å². The van der Waals surface area contributed by atoms with Gasteiger partial charge in [0.1, 0.15) is 0 Å². The normalized spacial score (nSPS) is 23.8. The fraction of sp³-hybridized carbons (Fsp3) is 0.632. The van der Waals surface area contributed by atoms with Crippen LogP contribution in [0.1, 0.15) is 37.8 Å². The molecule has 0 aliphatic carbocycles. The smallest absolute Gasteiger partial charge is 0.342 e. The number of halogens is 4. The van der Waals surface area contributed by atoms with Gasteiger partial charge in [-0.1, -0.05) is 18.2 Å². The second-order valence-corrected chi connectivity index (χ2v) is 7.75. The molecule has 2 atom stereocenters. The highest BCUT2D eigenvalue weighted by atomic mass is 35.5. The first-order chi connectivity index (χ1) is 11.7. The first kappa shape index (κ1) is 21.0. The molecule has 0 saturated carbocycles. The van der Waals surface area contributed by atoms with Gasteiger partial charge in [-0.2, -0.15) is 13.2 Å². The van der Waals surface area contributed by atoms with Crippen molar-refractivity contribution in [1.29, 1.82) is 0 Å². The predicted molar refractivity (Wildman–Crippen MR) is 97.4 cm³/mol. The lowest BCUT2D eigenvalue weighted by molar-refractivity contribution is -0.139. The van der Waals surface area contributed by atoms with Crippen molar-refractivity contribution in [3.8, 4) is 0 Å². The highest BCUT2D eigenvalue weighted by molar-refractivity contribution is 5.87. The summed E-state index contributed by atoms with van der Waals surface area (Å²) in [5, 5.41) is 3.40. The molecule has 0 radical (unpaired) electrons. The van der Waals surface area contributed by atoms with Gasteiger partial charge in [-0.15, -0.1) is 12.4 Å². The average molecular weight is 391 g/mol. The number of benzene rings is 1. The molecule has 2 aliphatic rings. The van der Waals surface area contributed by atoms with Crippen LogP contribution >= 0.6 is 12.4 Å². The van der Waals surface area contributed by atoms with E-state index in [2.05, 4.69) is 5.32 Å². The van der Waals surface area contributed by atoms with Crippen molar-refractivity contribution in [1.82, 2.24) is 10.2 Å². The number of hydrogen-bond acceptors (Lipinski definition) is 2. The van der Waals surface area contributed by atoms with Gasteiger partial charge in [0, 0.05) is 13.1 Å². The van der Waals surface area contributed by atoms with Gasteiger partial charge < -0.3 is 10.2 Å². The zero-order valence-electron chi connectivity index (χ0n) is 15.1. The summed E-state index contributed by atoms with van der Waals surface area (Å²) in [5.41, 5.74) is -1.26. The number of alkyl halides is 3. The molecule has 2 fully saturated rings. The monoisotopic (exact) mass is 390 g/mol. The van der Waals surface area contributed by atoms with Crippen LogP contribution in [0.5, 0.6) is 0 Å². The van der Waals surface area contributed by atoms with Crippen molar-refractivity contribution in [2.45, 2.75) is 38.3 Å². The van der Waals surface area contributed by atoms with E-state index in [9.17, 15) is 18.0 Å². The van der Waals surface area contributed by atoms with Crippen LogP contribution in [0.3, 0.4) is 0 Å². The van der Waals surface area contributed by atoms with Crippen molar-refractivity contribution < 1.29 is 18.0 Å². The summed E-state index contributed by atoms with van der Waals surface area (Å²) in [6.07, 6.45) is -2.48. The van der Waals surface area contributed by atoms with E-state index in [0.29, 0.717) is 30.5 Å². The van der Waals surface area contributed by atoms with Crippen molar-refractivity contribution in [2.75, 3.05) is 26.2 Å². The molecule has 2 saturated heterocycles. The Bertz CT molecular complexity index is 634. The van der Waals surface area contributed by atoms with Gasteiger partial charge in [0.25, 0.3) is 0 Å². The van der Waals surface area contributed by atoms with Gasteiger partial charge in [0.2, 0.25) is 5.91 Å². The predicted octanol–water partition coefficient (Wildman–Crippen LogP) is 3.86. The molecule has 7 heteroatoms. The molecule has 2 aliphatic heterocycles. The number of nitrogens with zero attached hydrogens (tertiary/aromatic N) is 1. The van der Waals surface area contributed by atoms with Crippen LogP contribution in [0.25, 0.3) is 0 Å². The van der Waals surface area contributed by atoms with Gasteiger partial charge in [-0.05, 0) is 63.2 Å². The number of likely N-dealkylation sites (tertiary alicyclic amines) is 1. The zero-order valence-corrected chi connectivity index (χ0v) is 15.9. The van der Waals surface area contributed by atoms with E-state index in [0.717, 1.165) is 38.1 Å². The Balaban J connectivity index is 0.00000243. The Morgan fingerprint density at radius 2 is 1.62 bits per heavy atom. The minimum Gasteiger partial charge on any atom is -0.342 e. The van der Waals surface area contributed by atoms with Gasteiger partial charge in [-0.25, -0.2) is 0 Å². The molecule has 26 heavy (non-hydrogen) atoms. The number of fused-ring (bicyclic) bond motifs is 1. The molecule has 0 spiro atoms. The van der Waals surface area contributed by atoms with Crippen molar-refractivity contribution >= 4 is 18.3 Å². The molecule has 1 aromatic carbocycles. The lowest BCUT2D eigenvalue weighted by Gasteiger charge is -2.32. The molecule has 1 N–H and O–H groups in total. The summed E-state index contributed by atoms with van der Waals surface area (Å²) in [4.78, 5) is 14.9. The van der Waals surface area contributed by atoms with Crippen LogP contribution in [-0.2, 0) is 16.4 Å². The molecule has 2 heterocycles. The van der Waals surface area contributed by atoms with Gasteiger partial charge in [0.15, 0.2) is 0 Å². The SMILES string of the molecule is CC(C)(C(=O)N1CC[C@@H]2CNC[C@@H]2CC1)c1cccc(C(F)(F)F)c1.Cl. The number of rotatable bonds is 2. The quantitative estimate of drug-likeness (QED) is 0.831. The molecular weight excluding hydrogens is 365 g/mol. The first-order valence-electron chi connectivity index (χ1n) is 8.87. The van der Waals surface area contributed by atoms with Crippen LogP contribution in [0.2, 0.25) is 0 Å². The maximum Gasteiger partial charge on any atom is 0.416 e. The highest BCUT2D eigenvalue weighted by Crippen LogP contribution is 2.35. The van der Waals surface area contributed by atoms with E-state index in [1.807, 2.05) is 4.90 Å². The third kappa shape index (κ3) is 4.17. The van der Waals surface area contributed by atoms with Crippen LogP contribution < -0.4 is 5.32 Å². The number of nitrogens with one attached hydrogen (secondary N) is 1. The van der Waals surface area contributed by atoms with Crippen LogP contribution in [0, 0.1) is 11.8 Å². The minimum absolute atomic E-state index is 0. The summed E-state index contributed by atoms with van der Waals surface area (Å²) in [7, 11) is 0. The lowest BCUT2D eigenvalue weighted by atomic mass is 9.82. The van der Waals surface area contributed by atoms with Crippen molar-refractivity contribution in [3.63, 3.8) is 0 Å². The van der Waals surface area contributed by atoms with E-state index < -0.39 is 17.2 Å². The Labute approximate surface area is 158 Å². The number of hydrogen-bond donors (Lipinski definition) is 1. The van der Waals surface area contributed by atoms with E-state index >= 15 is 0 Å². The second kappa shape index (κ2) is 7.77. The van der Waals surface area contributed by atoms with Crippen molar-refractivity contribution in [2.24, 2.45) is 11.8 Å². The van der Waals surface area contributed by atoms with Crippen LogP contribution in [0.4, 0.5) is 13.2 Å². The average Bonchev–Trinajstić information content (AvgIpc) is 2.92. The molecule has 1 amide bonds. The molecule has 0 unspecified atom stereocenters. The van der Waals surface area contributed by atoms with Crippen molar-refractivity contribution in [3.05, 3.63) is 35.4 Å². The standard InChI is InChI=1S/C19H25F3N2O.ClH/c1-18(2,15-4-3-5-16(10-15)19(20,21)22)17(25)24-8-6-13-11-23-12-14(13)7-9-24;/h3-5,10,13-14,23H,6-9,11-12H2,1-2H3;1H/t13-,14+;. The number of carbonyl (C=O) groups excluding carboxylic acids is 1. The maximum absolute atomic E-state index is 13.1. The van der Waals surface area contributed by atoms with E-state index in [-0.39, 0.29) is 18.3 Å². The molecule has 1 aromatic rings. The first-order valence-corrected chi connectivity index (χ1v) is 8.87. The van der Waals surface area contributed by atoms with Gasteiger partial charge in [-0.3, -0.25) is 4.79 Å². The Morgan fingerprint density at radius 1 is 1.08 bits per heavy atom. The maximum atomic E-state index is 13.1. The molecule has 0 aromatic heterocycles. The molecule has 3 rings (SSSR count). The number of carbonyl (C=O) groups is 1. The third-order valence-corrected chi connectivity index (χ3v) is 5.75. The van der Waals surface area contributed by atoms with E-state index in [4.69, 9.17) is 0 Å². The minimum atomic E-state index is -4.40. The summed E-state index contributed by atoms with van der Waals surface area (Å²) in [5.74, 6) is 1.13. The Kier molecular flexibility index (Phi) is 6.28. The molecular formula is C19H26ClF3N2O. The van der Waals surface area contributed by atoms with E-state index in [1.165, 1.54) is 6.07 Å². The summed E-state index contributed by atoms with van der Waals surface area (Å²) in [6.45, 7) is 6.82. The van der Waals surface area contributed by atoms with Gasteiger partial charge >= 0.3 is 6.18 Å². The summed E-state index contributed by atoms with van der Waals surface area (Å²) >= 11 is 0. The Morgan fingerprint density at radius 3 is 2.15 bits per heavy atom. The fourth-order valence-electron chi connectivity index (χ4n) is 4.02. The zero-order chi connectivity index (χ0) is 18.2. The second-order valence-electron chi connectivity index (χ2n) is 7.75.